The van der Waals surface area contributed by atoms with E-state index in [4.69, 9.17) is 21.3 Å². The molecule has 2 unspecified atom stereocenters. The summed E-state index contributed by atoms with van der Waals surface area (Å²) in [5, 5.41) is 38.3. The number of rotatable bonds is 8. The van der Waals surface area contributed by atoms with Crippen LogP contribution in [-0.2, 0) is 9.53 Å². The molecular formula is C16H29N7O6+2. The molecule has 1 saturated heterocycles. The summed E-state index contributed by atoms with van der Waals surface area (Å²) < 4.78 is 6.87. The predicted molar refractivity (Wildman–Crippen MR) is 98.3 cm³/mol. The van der Waals surface area contributed by atoms with Crippen molar-refractivity contribution in [2.75, 3.05) is 19.7 Å². The normalized spacial score (nSPS) is 29.2. The highest BCUT2D eigenvalue weighted by atomic mass is 16.5. The molecule has 1 amide bonds. The average molecular weight is 415 g/mol. The summed E-state index contributed by atoms with van der Waals surface area (Å²) in [6.07, 6.45) is 1.41. The van der Waals surface area contributed by atoms with Crippen molar-refractivity contribution in [3.8, 4) is 0 Å². The smallest absolute Gasteiger partial charge is 0.407 e. The minimum absolute atomic E-state index is 0.0593. The van der Waals surface area contributed by atoms with Crippen LogP contribution in [0.2, 0.25) is 0 Å². The maximum Gasteiger partial charge on any atom is 0.407 e. The number of unbranched alkanes of at least 4 members (excludes halogenated alkanes) is 2. The monoisotopic (exact) mass is 415 g/mol. The van der Waals surface area contributed by atoms with Crippen LogP contribution in [0.5, 0.6) is 0 Å². The predicted octanol–water partition coefficient (Wildman–Crippen LogP) is -5.20. The van der Waals surface area contributed by atoms with Crippen LogP contribution in [0.1, 0.15) is 32.1 Å². The van der Waals surface area contributed by atoms with Crippen LogP contribution in [-0.4, -0.2) is 87.1 Å². The third kappa shape index (κ3) is 3.87. The van der Waals surface area contributed by atoms with Gasteiger partial charge in [-0.1, -0.05) is 6.42 Å². The van der Waals surface area contributed by atoms with Gasteiger partial charge >= 0.3 is 24.0 Å². The van der Waals surface area contributed by atoms with Crippen LogP contribution in [0, 0.1) is 0 Å². The van der Waals surface area contributed by atoms with Crippen molar-refractivity contribution in [1.82, 2.24) is 16.0 Å². The lowest BCUT2D eigenvalue weighted by atomic mass is 9.87. The van der Waals surface area contributed by atoms with Crippen molar-refractivity contribution in [3.63, 3.8) is 0 Å². The molecule has 0 aliphatic carbocycles. The van der Waals surface area contributed by atoms with Crippen LogP contribution in [0.15, 0.2) is 0 Å². The number of amides is 1. The maximum atomic E-state index is 11.9. The van der Waals surface area contributed by atoms with E-state index < -0.39 is 35.6 Å². The van der Waals surface area contributed by atoms with E-state index in [0.717, 1.165) is 0 Å². The zero-order valence-corrected chi connectivity index (χ0v) is 16.0. The summed E-state index contributed by atoms with van der Waals surface area (Å²) >= 11 is 0. The Morgan fingerprint density at radius 2 is 2.07 bits per heavy atom. The van der Waals surface area contributed by atoms with E-state index in [9.17, 15) is 19.8 Å². The average Bonchev–Trinajstić information content (AvgIpc) is 3.12. The van der Waals surface area contributed by atoms with Gasteiger partial charge in [0.15, 0.2) is 6.04 Å². The van der Waals surface area contributed by atoms with Crippen molar-refractivity contribution in [1.29, 1.82) is 0 Å². The number of hydrogen-bond donors (Lipinski definition) is 9. The van der Waals surface area contributed by atoms with E-state index in [0.29, 0.717) is 32.4 Å². The molecule has 0 aromatic heterocycles. The van der Waals surface area contributed by atoms with Crippen molar-refractivity contribution in [2.24, 2.45) is 11.5 Å². The first-order valence-electron chi connectivity index (χ1n) is 9.58. The molecule has 0 bridgehead atoms. The molecule has 29 heavy (non-hydrogen) atoms. The van der Waals surface area contributed by atoms with Crippen molar-refractivity contribution >= 4 is 24.0 Å². The first-order chi connectivity index (χ1) is 13.7. The molecule has 3 heterocycles. The fourth-order valence-electron chi connectivity index (χ4n) is 4.20. The van der Waals surface area contributed by atoms with Gasteiger partial charge < -0.3 is 25.4 Å². The molecule has 0 saturated carbocycles. The summed E-state index contributed by atoms with van der Waals surface area (Å²) in [6, 6.07) is -1.20. The zero-order chi connectivity index (χ0) is 21.2. The number of carboxylic acid groups (broad SMARTS) is 1. The molecule has 0 aromatic carbocycles. The number of carbonyl (C=O) groups is 2. The summed E-state index contributed by atoms with van der Waals surface area (Å²) in [6.45, 7) is 0.576. The molecule has 3 aliphatic rings. The zero-order valence-electron chi connectivity index (χ0n) is 16.0. The number of carboxylic acids is 1. The van der Waals surface area contributed by atoms with Gasteiger partial charge in [-0.3, -0.25) is 26.6 Å². The quantitative estimate of drug-likeness (QED) is 0.104. The van der Waals surface area contributed by atoms with Crippen LogP contribution >= 0.6 is 0 Å². The molecule has 13 nitrogen and oxygen atoms in total. The molecule has 162 valence electrons. The van der Waals surface area contributed by atoms with Crippen LogP contribution < -0.4 is 32.4 Å². The number of alkyl carbamates (subject to hydrolysis) is 1. The maximum absolute atomic E-state index is 11.9. The minimum Gasteiger partial charge on any atom is -0.481 e. The third-order valence-electron chi connectivity index (χ3n) is 5.56. The largest absolute Gasteiger partial charge is 0.481 e. The number of nitrogens with two attached hydrogens (primary N) is 2. The van der Waals surface area contributed by atoms with E-state index in [1.165, 1.54) is 0 Å². The molecule has 1 fully saturated rings. The molecular weight excluding hydrogens is 386 g/mol. The molecule has 3 rings (SSSR count). The van der Waals surface area contributed by atoms with Gasteiger partial charge in [-0.15, -0.1) is 0 Å². The highest BCUT2D eigenvalue weighted by molar-refractivity contribution is 5.78. The number of hydrogen-bond acceptors (Lipinski definition) is 9. The fraction of sp³-hybridized carbons (Fsp3) is 0.750. The van der Waals surface area contributed by atoms with Gasteiger partial charge in [0.2, 0.25) is 5.79 Å². The highest BCUT2D eigenvalue weighted by Crippen LogP contribution is 2.36. The third-order valence-corrected chi connectivity index (χ3v) is 5.56. The number of aliphatic hydroxyl groups is 2. The Morgan fingerprint density at radius 1 is 1.31 bits per heavy atom. The first-order valence-corrected chi connectivity index (χ1v) is 9.58. The first kappa shape index (κ1) is 20.9. The number of ether oxygens (including phenoxy) is 1. The number of aliphatic carboxylic acids is 1. The lowest BCUT2D eigenvalue weighted by Gasteiger charge is -2.40. The number of nitrogens with zero attached hydrogens (tertiary/aromatic N) is 1. The molecule has 1 spiro atoms. The van der Waals surface area contributed by atoms with Gasteiger partial charge in [0.05, 0.1) is 6.54 Å². The minimum atomic E-state index is -2.10. The second kappa shape index (κ2) is 7.91. The molecule has 11 N–H and O–H groups in total. The second-order valence-corrected chi connectivity index (χ2v) is 7.51. The second-order valence-electron chi connectivity index (χ2n) is 7.51. The molecule has 0 radical (unpaired) electrons. The van der Waals surface area contributed by atoms with Crippen molar-refractivity contribution < 1.29 is 39.2 Å². The van der Waals surface area contributed by atoms with Gasteiger partial charge in [-0.25, -0.2) is 14.7 Å². The lowest BCUT2D eigenvalue weighted by molar-refractivity contribution is -0.674. The number of guanidine groups is 2. The summed E-state index contributed by atoms with van der Waals surface area (Å²) in [5.74, 6) is -2.55. The van der Waals surface area contributed by atoms with E-state index in [1.54, 1.807) is 4.58 Å². The Labute approximate surface area is 166 Å². The van der Waals surface area contributed by atoms with Gasteiger partial charge in [0.1, 0.15) is 12.6 Å². The van der Waals surface area contributed by atoms with Crippen LogP contribution in [0.4, 0.5) is 4.79 Å². The topological polar surface area (TPSA) is 209 Å². The van der Waals surface area contributed by atoms with E-state index in [2.05, 4.69) is 20.9 Å². The van der Waals surface area contributed by atoms with Gasteiger partial charge in [0, 0.05) is 19.4 Å². The van der Waals surface area contributed by atoms with Crippen molar-refractivity contribution in [3.05, 3.63) is 0 Å². The molecule has 0 aromatic rings. The Hall–Kier alpha value is -2.80. The van der Waals surface area contributed by atoms with E-state index in [-0.39, 0.29) is 31.4 Å². The Balaban J connectivity index is 1.54. The van der Waals surface area contributed by atoms with E-state index in [1.807, 2.05) is 0 Å². The fourth-order valence-corrected chi connectivity index (χ4v) is 4.20. The summed E-state index contributed by atoms with van der Waals surface area (Å²) in [7, 11) is 0. The van der Waals surface area contributed by atoms with Gasteiger partial charge in [-0.2, -0.15) is 0 Å². The van der Waals surface area contributed by atoms with Crippen LogP contribution in [0.3, 0.4) is 0 Å². The number of nitrogens with one attached hydrogen (secondary N) is 4. The molecule has 3 atom stereocenters. The standard InChI is InChI=1S/C16H27N7O6/c17-12-21-11-9(8-29-14(26)19-6-3-1-2-4-10(24)25)20-13(18)23-7-5-15(27,28)16(11,23)22-12/h9,11,27-28H,1-8H2,(H7,17,18,19,20,21,22,24,25,26)/p+2/t9-,11?,16?/m0/s1. The van der Waals surface area contributed by atoms with Crippen molar-refractivity contribution in [2.45, 2.75) is 55.6 Å². The lowest BCUT2D eigenvalue weighted by Crippen LogP contribution is -2.91. The Morgan fingerprint density at radius 3 is 2.79 bits per heavy atom. The van der Waals surface area contributed by atoms with Crippen LogP contribution in [0.25, 0.3) is 0 Å². The van der Waals surface area contributed by atoms with E-state index >= 15 is 0 Å². The summed E-state index contributed by atoms with van der Waals surface area (Å²) in [4.78, 5) is 25.4. The highest BCUT2D eigenvalue weighted by Gasteiger charge is 2.74. The van der Waals surface area contributed by atoms with Gasteiger partial charge in [0.25, 0.3) is 5.66 Å². The molecule has 13 heteroatoms. The van der Waals surface area contributed by atoms with Gasteiger partial charge in [-0.05, 0) is 12.8 Å². The molecule has 3 aliphatic heterocycles. The SMILES string of the molecule is NC1=[NH+]C2[C@H](COC(=O)NCCCCCC(=O)O)NC(N)=[N+]3CCC(O)(O)C23N1. The Kier molecular flexibility index (Phi) is 5.71. The Bertz CT molecular complexity index is 739. The number of carbonyl (C=O) groups excluding carboxylic acids is 1. The summed E-state index contributed by atoms with van der Waals surface area (Å²) in [5.41, 5.74) is 10.6.